The average molecular weight is 186 g/mol. The summed E-state index contributed by atoms with van der Waals surface area (Å²) < 4.78 is 5.13. The SMILES string of the molecule is CCOc1cncc(Cl)c1C=O. The molecule has 0 saturated heterocycles. The number of aromatic nitrogens is 1. The zero-order chi connectivity index (χ0) is 8.97. The number of nitrogens with zero attached hydrogens (tertiary/aromatic N) is 1. The molecule has 1 aromatic heterocycles. The van der Waals surface area contributed by atoms with Crippen LogP contribution in [0.3, 0.4) is 0 Å². The summed E-state index contributed by atoms with van der Waals surface area (Å²) in [6, 6.07) is 0. The average Bonchev–Trinajstić information content (AvgIpc) is 2.05. The van der Waals surface area contributed by atoms with E-state index in [0.717, 1.165) is 0 Å². The number of carbonyl (C=O) groups excluding carboxylic acids is 1. The summed E-state index contributed by atoms with van der Waals surface area (Å²) in [4.78, 5) is 14.3. The molecule has 0 aromatic carbocycles. The zero-order valence-electron chi connectivity index (χ0n) is 6.58. The van der Waals surface area contributed by atoms with Gasteiger partial charge in [-0.15, -0.1) is 0 Å². The van der Waals surface area contributed by atoms with E-state index < -0.39 is 0 Å². The van der Waals surface area contributed by atoms with Gasteiger partial charge in [0.2, 0.25) is 0 Å². The first kappa shape index (κ1) is 9.00. The standard InChI is InChI=1S/C8H8ClNO2/c1-2-12-8-4-10-3-7(9)6(8)5-11/h3-5H,2H2,1H3. The molecule has 0 atom stereocenters. The fraction of sp³-hybridized carbons (Fsp3) is 0.250. The largest absolute Gasteiger partial charge is 0.491 e. The van der Waals surface area contributed by atoms with Crippen LogP contribution in [0.2, 0.25) is 5.02 Å². The molecule has 0 aliphatic rings. The molecule has 1 aromatic rings. The Labute approximate surface area is 75.3 Å². The van der Waals surface area contributed by atoms with Crippen molar-refractivity contribution in [1.29, 1.82) is 0 Å². The van der Waals surface area contributed by atoms with Gasteiger partial charge in [-0.05, 0) is 6.92 Å². The number of hydrogen-bond acceptors (Lipinski definition) is 3. The molecule has 0 aliphatic carbocycles. The van der Waals surface area contributed by atoms with Crippen LogP contribution >= 0.6 is 11.6 Å². The topological polar surface area (TPSA) is 39.2 Å². The molecule has 0 bridgehead atoms. The lowest BCUT2D eigenvalue weighted by Gasteiger charge is -2.05. The molecule has 0 N–H and O–H groups in total. The minimum absolute atomic E-state index is 0.316. The Morgan fingerprint density at radius 3 is 3.00 bits per heavy atom. The van der Waals surface area contributed by atoms with E-state index in [1.54, 1.807) is 0 Å². The summed E-state index contributed by atoms with van der Waals surface area (Å²) in [5.74, 6) is 0.431. The van der Waals surface area contributed by atoms with Crippen LogP contribution in [0.25, 0.3) is 0 Å². The first-order chi connectivity index (χ1) is 5.79. The first-order valence-electron chi connectivity index (χ1n) is 3.51. The molecule has 0 aliphatic heterocycles. The van der Waals surface area contributed by atoms with Crippen molar-refractivity contribution >= 4 is 17.9 Å². The number of rotatable bonds is 3. The molecule has 64 valence electrons. The Bertz CT molecular complexity index is 288. The minimum Gasteiger partial charge on any atom is -0.491 e. The molecular weight excluding hydrogens is 178 g/mol. The van der Waals surface area contributed by atoms with Crippen molar-refractivity contribution < 1.29 is 9.53 Å². The van der Waals surface area contributed by atoms with Crippen LogP contribution in [0.5, 0.6) is 5.75 Å². The third-order valence-electron chi connectivity index (χ3n) is 1.32. The van der Waals surface area contributed by atoms with Gasteiger partial charge in [-0.2, -0.15) is 0 Å². The molecule has 1 heterocycles. The third kappa shape index (κ3) is 1.74. The molecule has 1 rings (SSSR count). The second-order valence-corrected chi connectivity index (χ2v) is 2.49. The highest BCUT2D eigenvalue weighted by Crippen LogP contribution is 2.22. The normalized spacial score (nSPS) is 9.50. The lowest BCUT2D eigenvalue weighted by molar-refractivity contribution is 0.112. The van der Waals surface area contributed by atoms with Gasteiger partial charge in [0.05, 0.1) is 23.4 Å². The van der Waals surface area contributed by atoms with Gasteiger partial charge in [-0.3, -0.25) is 9.78 Å². The predicted octanol–water partition coefficient (Wildman–Crippen LogP) is 1.95. The summed E-state index contributed by atoms with van der Waals surface area (Å²) in [6.07, 6.45) is 3.54. The van der Waals surface area contributed by atoms with Gasteiger partial charge in [0.1, 0.15) is 5.75 Å². The van der Waals surface area contributed by atoms with Crippen LogP contribution < -0.4 is 4.74 Å². The zero-order valence-corrected chi connectivity index (χ0v) is 7.34. The number of halogens is 1. The van der Waals surface area contributed by atoms with E-state index >= 15 is 0 Å². The first-order valence-corrected chi connectivity index (χ1v) is 3.88. The Hall–Kier alpha value is -1.09. The fourth-order valence-electron chi connectivity index (χ4n) is 0.812. The van der Waals surface area contributed by atoms with Gasteiger partial charge >= 0.3 is 0 Å². The maximum atomic E-state index is 10.5. The van der Waals surface area contributed by atoms with Crippen molar-refractivity contribution in [2.24, 2.45) is 0 Å². The second-order valence-electron chi connectivity index (χ2n) is 2.08. The molecule has 3 nitrogen and oxygen atoms in total. The molecule has 0 amide bonds. The fourth-order valence-corrected chi connectivity index (χ4v) is 1.01. The number of ether oxygens (including phenoxy) is 1. The van der Waals surface area contributed by atoms with Gasteiger partial charge in [0.15, 0.2) is 6.29 Å². The highest BCUT2D eigenvalue weighted by Gasteiger charge is 2.06. The van der Waals surface area contributed by atoms with E-state index in [1.807, 2.05) is 6.92 Å². The Morgan fingerprint density at radius 2 is 2.42 bits per heavy atom. The van der Waals surface area contributed by atoms with E-state index in [4.69, 9.17) is 16.3 Å². The molecular formula is C8H8ClNO2. The quantitative estimate of drug-likeness (QED) is 0.676. The Balaban J connectivity index is 3.09. The van der Waals surface area contributed by atoms with Gasteiger partial charge in [0, 0.05) is 6.20 Å². The van der Waals surface area contributed by atoms with E-state index in [-0.39, 0.29) is 0 Å². The molecule has 4 heteroatoms. The van der Waals surface area contributed by atoms with Crippen LogP contribution in [-0.4, -0.2) is 17.9 Å². The lowest BCUT2D eigenvalue weighted by atomic mass is 10.3. The van der Waals surface area contributed by atoms with Gasteiger partial charge < -0.3 is 4.74 Å². The Kier molecular flexibility index (Phi) is 3.05. The Morgan fingerprint density at radius 1 is 1.67 bits per heavy atom. The number of pyridine rings is 1. The summed E-state index contributed by atoms with van der Waals surface area (Å²) >= 11 is 5.69. The van der Waals surface area contributed by atoms with Crippen molar-refractivity contribution in [2.45, 2.75) is 6.92 Å². The van der Waals surface area contributed by atoms with Gasteiger partial charge in [-0.25, -0.2) is 0 Å². The summed E-state index contributed by atoms with van der Waals surface area (Å²) in [7, 11) is 0. The minimum atomic E-state index is 0.316. The maximum absolute atomic E-state index is 10.5. The van der Waals surface area contributed by atoms with E-state index in [0.29, 0.717) is 29.2 Å². The molecule has 12 heavy (non-hydrogen) atoms. The molecule has 0 radical (unpaired) electrons. The van der Waals surface area contributed by atoms with Crippen molar-refractivity contribution in [3.05, 3.63) is 23.0 Å². The lowest BCUT2D eigenvalue weighted by Crippen LogP contribution is -1.97. The van der Waals surface area contributed by atoms with Crippen molar-refractivity contribution in [1.82, 2.24) is 4.98 Å². The van der Waals surface area contributed by atoms with Crippen LogP contribution in [0, 0.1) is 0 Å². The molecule has 0 spiro atoms. The van der Waals surface area contributed by atoms with Crippen LogP contribution in [-0.2, 0) is 0 Å². The van der Waals surface area contributed by atoms with Crippen LogP contribution in [0.15, 0.2) is 12.4 Å². The summed E-state index contributed by atoms with van der Waals surface area (Å²) in [6.45, 7) is 2.32. The monoisotopic (exact) mass is 185 g/mol. The third-order valence-corrected chi connectivity index (χ3v) is 1.62. The van der Waals surface area contributed by atoms with Crippen molar-refractivity contribution in [2.75, 3.05) is 6.61 Å². The number of hydrogen-bond donors (Lipinski definition) is 0. The highest BCUT2D eigenvalue weighted by atomic mass is 35.5. The van der Waals surface area contributed by atoms with Gasteiger partial charge in [0.25, 0.3) is 0 Å². The number of aldehydes is 1. The highest BCUT2D eigenvalue weighted by molar-refractivity contribution is 6.33. The van der Waals surface area contributed by atoms with Crippen molar-refractivity contribution in [3.63, 3.8) is 0 Å². The van der Waals surface area contributed by atoms with E-state index in [9.17, 15) is 4.79 Å². The molecule has 0 saturated carbocycles. The predicted molar refractivity (Wildman–Crippen MR) is 45.8 cm³/mol. The van der Waals surface area contributed by atoms with E-state index in [1.165, 1.54) is 12.4 Å². The second kappa shape index (κ2) is 4.07. The molecule has 0 fully saturated rings. The molecule has 0 unspecified atom stereocenters. The van der Waals surface area contributed by atoms with Crippen LogP contribution in [0.4, 0.5) is 0 Å². The van der Waals surface area contributed by atoms with E-state index in [2.05, 4.69) is 4.98 Å². The number of carbonyl (C=O) groups is 1. The van der Waals surface area contributed by atoms with Crippen molar-refractivity contribution in [3.8, 4) is 5.75 Å². The van der Waals surface area contributed by atoms with Gasteiger partial charge in [-0.1, -0.05) is 11.6 Å². The smallest absolute Gasteiger partial charge is 0.155 e. The summed E-state index contributed by atoms with van der Waals surface area (Å²) in [5, 5.41) is 0.316. The van der Waals surface area contributed by atoms with Crippen LogP contribution in [0.1, 0.15) is 17.3 Å². The summed E-state index contributed by atoms with van der Waals surface area (Å²) in [5.41, 5.74) is 0.355. The maximum Gasteiger partial charge on any atom is 0.155 e.